The third kappa shape index (κ3) is 9.26. The Hall–Kier alpha value is -0.198. The fourth-order valence-corrected chi connectivity index (χ4v) is 0.202. The van der Waals surface area contributed by atoms with Gasteiger partial charge in [-0.05, 0) is 0 Å². The molecular formula is C4H6O3Pd+2. The summed E-state index contributed by atoms with van der Waals surface area (Å²) in [6.45, 7) is 2.36. The molecule has 0 fully saturated rings. The number of carbonyl (C=O) groups is 2. The molecule has 0 aliphatic heterocycles. The topological polar surface area (TPSA) is 43.4 Å². The van der Waals surface area contributed by atoms with E-state index in [9.17, 15) is 9.59 Å². The first-order valence-corrected chi connectivity index (χ1v) is 1.82. The second-order valence-corrected chi connectivity index (χ2v) is 1.09. The molecule has 0 saturated heterocycles. The zero-order valence-electron chi connectivity index (χ0n) is 4.54. The molecule has 4 heteroatoms. The molecular weight excluding hydrogens is 202 g/mol. The van der Waals surface area contributed by atoms with Crippen LogP contribution in [0, 0.1) is 0 Å². The van der Waals surface area contributed by atoms with Crippen molar-refractivity contribution >= 4 is 11.9 Å². The molecule has 0 atom stereocenters. The van der Waals surface area contributed by atoms with E-state index in [0.29, 0.717) is 0 Å². The van der Waals surface area contributed by atoms with Gasteiger partial charge in [0.05, 0.1) is 0 Å². The fourth-order valence-electron chi connectivity index (χ4n) is 0.202. The molecule has 0 unspecified atom stereocenters. The number of hydrogen-bond acceptors (Lipinski definition) is 3. The predicted octanol–water partition coefficient (Wildman–Crippen LogP) is 0.0935. The van der Waals surface area contributed by atoms with Gasteiger partial charge >= 0.3 is 32.4 Å². The molecule has 48 valence electrons. The average Bonchev–Trinajstić information content (AvgIpc) is 1.27. The van der Waals surface area contributed by atoms with Gasteiger partial charge in [-0.2, -0.15) is 0 Å². The molecule has 0 heterocycles. The van der Waals surface area contributed by atoms with Crippen LogP contribution in [0.2, 0.25) is 0 Å². The second-order valence-electron chi connectivity index (χ2n) is 1.09. The quantitative estimate of drug-likeness (QED) is 0.322. The van der Waals surface area contributed by atoms with E-state index >= 15 is 0 Å². The SMILES string of the molecule is CC(=O)OC(C)=O.[Pd+2]. The third-order valence-corrected chi connectivity index (χ3v) is 0.287. The monoisotopic (exact) mass is 208 g/mol. The fraction of sp³-hybridized carbons (Fsp3) is 0.500. The minimum absolute atomic E-state index is 0. The summed E-state index contributed by atoms with van der Waals surface area (Å²) in [5.41, 5.74) is 0. The number of hydrogen-bond donors (Lipinski definition) is 0. The Bertz CT molecular complexity index is 87.5. The zero-order valence-corrected chi connectivity index (χ0v) is 6.10. The van der Waals surface area contributed by atoms with Gasteiger partial charge in [-0.3, -0.25) is 9.59 Å². The smallest absolute Gasteiger partial charge is 0.394 e. The molecule has 3 nitrogen and oxygen atoms in total. The van der Waals surface area contributed by atoms with E-state index in [1.165, 1.54) is 13.8 Å². The Kier molecular flexibility index (Phi) is 6.63. The Morgan fingerprint density at radius 1 is 1.12 bits per heavy atom. The van der Waals surface area contributed by atoms with Crippen molar-refractivity contribution in [3.8, 4) is 0 Å². The van der Waals surface area contributed by atoms with Gasteiger partial charge in [0.1, 0.15) is 0 Å². The van der Waals surface area contributed by atoms with Crippen LogP contribution in [-0.4, -0.2) is 11.9 Å². The van der Waals surface area contributed by atoms with Crippen molar-refractivity contribution in [1.82, 2.24) is 0 Å². The van der Waals surface area contributed by atoms with E-state index < -0.39 is 11.9 Å². The van der Waals surface area contributed by atoms with Crippen LogP contribution in [0.25, 0.3) is 0 Å². The van der Waals surface area contributed by atoms with Gasteiger partial charge in [-0.25, -0.2) is 0 Å². The van der Waals surface area contributed by atoms with Crippen molar-refractivity contribution in [2.75, 3.05) is 0 Å². The van der Waals surface area contributed by atoms with Crippen LogP contribution in [0.15, 0.2) is 0 Å². The van der Waals surface area contributed by atoms with Crippen molar-refractivity contribution in [1.29, 1.82) is 0 Å². The van der Waals surface area contributed by atoms with Gasteiger partial charge in [-0.15, -0.1) is 0 Å². The normalized spacial score (nSPS) is 6.75. The summed E-state index contributed by atoms with van der Waals surface area (Å²) in [4.78, 5) is 19.6. The number of carbonyl (C=O) groups excluding carboxylic acids is 2. The van der Waals surface area contributed by atoms with Crippen LogP contribution in [0.5, 0.6) is 0 Å². The van der Waals surface area contributed by atoms with E-state index in [0.717, 1.165) is 0 Å². The Balaban J connectivity index is 0. The molecule has 8 heavy (non-hydrogen) atoms. The van der Waals surface area contributed by atoms with Crippen molar-refractivity contribution < 1.29 is 34.7 Å². The van der Waals surface area contributed by atoms with Crippen molar-refractivity contribution in [3.05, 3.63) is 0 Å². The molecule has 0 rings (SSSR count). The first-order valence-electron chi connectivity index (χ1n) is 1.82. The molecule has 0 aliphatic rings. The second kappa shape index (κ2) is 4.95. The predicted molar refractivity (Wildman–Crippen MR) is 22.4 cm³/mol. The first kappa shape index (κ1) is 10.7. The molecule has 0 aromatic rings. The number of ether oxygens (including phenoxy) is 1. The number of rotatable bonds is 0. The standard InChI is InChI=1S/C4H6O3.Pd/c1-3(5)7-4(2)6;/h1-2H3;/q;+2. The van der Waals surface area contributed by atoms with E-state index in [2.05, 4.69) is 4.74 Å². The summed E-state index contributed by atoms with van der Waals surface area (Å²) in [5.74, 6) is -1.12. The molecule has 0 radical (unpaired) electrons. The Morgan fingerprint density at radius 3 is 1.38 bits per heavy atom. The van der Waals surface area contributed by atoms with Crippen LogP contribution < -0.4 is 0 Å². The van der Waals surface area contributed by atoms with Crippen LogP contribution in [0.3, 0.4) is 0 Å². The van der Waals surface area contributed by atoms with E-state index in [1.54, 1.807) is 0 Å². The summed E-state index contributed by atoms with van der Waals surface area (Å²) in [6.07, 6.45) is 0. The molecule has 0 aromatic carbocycles. The Morgan fingerprint density at radius 2 is 1.38 bits per heavy atom. The summed E-state index contributed by atoms with van der Waals surface area (Å²) in [5, 5.41) is 0. The maximum absolute atomic E-state index is 9.81. The van der Waals surface area contributed by atoms with Crippen LogP contribution in [-0.2, 0) is 34.7 Å². The average molecular weight is 209 g/mol. The van der Waals surface area contributed by atoms with Crippen LogP contribution >= 0.6 is 0 Å². The molecule has 0 amide bonds. The maximum Gasteiger partial charge on any atom is 2.00 e. The van der Waals surface area contributed by atoms with Crippen molar-refractivity contribution in [2.45, 2.75) is 13.8 Å². The molecule has 0 aromatic heterocycles. The van der Waals surface area contributed by atoms with Crippen molar-refractivity contribution in [2.24, 2.45) is 0 Å². The van der Waals surface area contributed by atoms with Gasteiger partial charge in [-0.1, -0.05) is 0 Å². The molecule has 0 saturated carbocycles. The van der Waals surface area contributed by atoms with Crippen LogP contribution in [0.4, 0.5) is 0 Å². The first-order chi connectivity index (χ1) is 3.13. The van der Waals surface area contributed by atoms with E-state index in [4.69, 9.17) is 0 Å². The summed E-state index contributed by atoms with van der Waals surface area (Å²) in [7, 11) is 0. The van der Waals surface area contributed by atoms with E-state index in [1.807, 2.05) is 0 Å². The maximum atomic E-state index is 9.81. The van der Waals surface area contributed by atoms with Gasteiger partial charge in [0.25, 0.3) is 0 Å². The third-order valence-electron chi connectivity index (χ3n) is 0.287. The minimum Gasteiger partial charge on any atom is -0.394 e. The molecule has 0 N–H and O–H groups in total. The van der Waals surface area contributed by atoms with Gasteiger partial charge in [0.15, 0.2) is 0 Å². The molecule has 0 aliphatic carbocycles. The summed E-state index contributed by atoms with van der Waals surface area (Å²) < 4.78 is 3.97. The van der Waals surface area contributed by atoms with Gasteiger partial charge < -0.3 is 4.74 Å². The van der Waals surface area contributed by atoms with E-state index in [-0.39, 0.29) is 20.4 Å². The molecule has 0 spiro atoms. The summed E-state index contributed by atoms with van der Waals surface area (Å²) >= 11 is 0. The summed E-state index contributed by atoms with van der Waals surface area (Å²) in [6, 6.07) is 0. The zero-order chi connectivity index (χ0) is 5.86. The minimum atomic E-state index is -0.562. The molecule has 0 bridgehead atoms. The van der Waals surface area contributed by atoms with Gasteiger partial charge in [0, 0.05) is 13.8 Å². The largest absolute Gasteiger partial charge is 2.00 e. The van der Waals surface area contributed by atoms with Gasteiger partial charge in [0.2, 0.25) is 0 Å². The van der Waals surface area contributed by atoms with Crippen LogP contribution in [0.1, 0.15) is 13.8 Å². The Labute approximate surface area is 61.0 Å². The number of esters is 2. The van der Waals surface area contributed by atoms with Crippen molar-refractivity contribution in [3.63, 3.8) is 0 Å².